The van der Waals surface area contributed by atoms with Crippen molar-refractivity contribution in [3.63, 3.8) is 0 Å². The zero-order valence-corrected chi connectivity index (χ0v) is 11.6. The van der Waals surface area contributed by atoms with Crippen molar-refractivity contribution in [1.82, 2.24) is 10.2 Å². The zero-order chi connectivity index (χ0) is 12.5. The third kappa shape index (κ3) is 3.21. The van der Waals surface area contributed by atoms with E-state index in [1.165, 1.54) is 32.2 Å². The SMILES string of the molecule is CNC(CO)(CN(CC1CC1)C(C)C)C1CC1. The molecule has 1 atom stereocenters. The van der Waals surface area contributed by atoms with Crippen molar-refractivity contribution in [2.24, 2.45) is 11.8 Å². The second kappa shape index (κ2) is 5.25. The Hall–Kier alpha value is -0.120. The van der Waals surface area contributed by atoms with E-state index in [1.807, 2.05) is 7.05 Å². The van der Waals surface area contributed by atoms with Gasteiger partial charge in [-0.2, -0.15) is 0 Å². The monoisotopic (exact) mass is 240 g/mol. The van der Waals surface area contributed by atoms with E-state index in [2.05, 4.69) is 24.1 Å². The van der Waals surface area contributed by atoms with Crippen LogP contribution in [0, 0.1) is 11.8 Å². The maximum absolute atomic E-state index is 9.78. The minimum atomic E-state index is -0.0564. The fourth-order valence-electron chi connectivity index (χ4n) is 2.76. The van der Waals surface area contributed by atoms with E-state index in [0.29, 0.717) is 12.0 Å². The molecule has 2 N–H and O–H groups in total. The number of likely N-dealkylation sites (N-methyl/N-ethyl adjacent to an activating group) is 1. The largest absolute Gasteiger partial charge is 0.394 e. The van der Waals surface area contributed by atoms with Crippen molar-refractivity contribution in [3.05, 3.63) is 0 Å². The van der Waals surface area contributed by atoms with Crippen LogP contribution in [0.4, 0.5) is 0 Å². The molecule has 0 radical (unpaired) electrons. The molecule has 2 aliphatic rings. The third-order valence-corrected chi connectivity index (χ3v) is 4.54. The van der Waals surface area contributed by atoms with Crippen molar-refractivity contribution < 1.29 is 5.11 Å². The number of nitrogens with one attached hydrogen (secondary N) is 1. The van der Waals surface area contributed by atoms with Crippen LogP contribution in [0.1, 0.15) is 39.5 Å². The molecule has 0 bridgehead atoms. The number of aliphatic hydroxyl groups excluding tert-OH is 1. The topological polar surface area (TPSA) is 35.5 Å². The van der Waals surface area contributed by atoms with Crippen molar-refractivity contribution in [2.75, 3.05) is 26.7 Å². The minimum Gasteiger partial charge on any atom is -0.394 e. The minimum absolute atomic E-state index is 0.0564. The highest BCUT2D eigenvalue weighted by Crippen LogP contribution is 2.40. The summed E-state index contributed by atoms with van der Waals surface area (Å²) in [6.07, 6.45) is 5.35. The fourth-order valence-corrected chi connectivity index (χ4v) is 2.76. The fraction of sp³-hybridized carbons (Fsp3) is 1.00. The highest BCUT2D eigenvalue weighted by Gasteiger charge is 2.45. The average Bonchev–Trinajstić information content (AvgIpc) is 3.16. The molecule has 0 saturated heterocycles. The summed E-state index contributed by atoms with van der Waals surface area (Å²) in [6.45, 7) is 7.02. The summed E-state index contributed by atoms with van der Waals surface area (Å²) in [4.78, 5) is 2.56. The van der Waals surface area contributed by atoms with Crippen LogP contribution in [0.25, 0.3) is 0 Å². The molecule has 2 aliphatic carbocycles. The van der Waals surface area contributed by atoms with Crippen LogP contribution in [0.15, 0.2) is 0 Å². The van der Waals surface area contributed by atoms with Crippen LogP contribution in [0.2, 0.25) is 0 Å². The number of rotatable bonds is 8. The summed E-state index contributed by atoms with van der Waals surface area (Å²) in [5.41, 5.74) is -0.0564. The van der Waals surface area contributed by atoms with Crippen LogP contribution in [-0.2, 0) is 0 Å². The van der Waals surface area contributed by atoms with Gasteiger partial charge in [-0.05, 0) is 58.4 Å². The molecule has 1 unspecified atom stereocenters. The molecule has 0 aromatic rings. The quantitative estimate of drug-likeness (QED) is 0.674. The first kappa shape index (κ1) is 13.3. The number of nitrogens with zero attached hydrogens (tertiary/aromatic N) is 1. The standard InChI is InChI=1S/C14H28N2O/c1-11(2)16(8-12-4-5-12)9-14(10-17,15-3)13-6-7-13/h11-13,15,17H,4-10H2,1-3H3. The van der Waals surface area contributed by atoms with Crippen LogP contribution >= 0.6 is 0 Å². The summed E-state index contributed by atoms with van der Waals surface area (Å²) in [5.74, 6) is 1.60. The Balaban J connectivity index is 1.97. The summed E-state index contributed by atoms with van der Waals surface area (Å²) in [5, 5.41) is 13.2. The molecule has 0 aromatic heterocycles. The van der Waals surface area contributed by atoms with Crippen LogP contribution in [-0.4, -0.2) is 48.3 Å². The third-order valence-electron chi connectivity index (χ3n) is 4.54. The van der Waals surface area contributed by atoms with Gasteiger partial charge < -0.3 is 10.4 Å². The molecule has 0 aromatic carbocycles. The molecule has 0 spiro atoms. The van der Waals surface area contributed by atoms with Gasteiger partial charge in [-0.25, -0.2) is 0 Å². The molecule has 17 heavy (non-hydrogen) atoms. The zero-order valence-electron chi connectivity index (χ0n) is 11.6. The lowest BCUT2D eigenvalue weighted by atomic mass is 9.93. The van der Waals surface area contributed by atoms with Gasteiger partial charge in [0.05, 0.1) is 12.1 Å². The Morgan fingerprint density at radius 2 is 1.94 bits per heavy atom. The Morgan fingerprint density at radius 3 is 2.29 bits per heavy atom. The van der Waals surface area contributed by atoms with E-state index in [-0.39, 0.29) is 12.1 Å². The molecule has 3 heteroatoms. The van der Waals surface area contributed by atoms with Gasteiger partial charge in [-0.15, -0.1) is 0 Å². The van der Waals surface area contributed by atoms with Gasteiger partial charge in [-0.3, -0.25) is 4.90 Å². The van der Waals surface area contributed by atoms with Crippen LogP contribution < -0.4 is 5.32 Å². The maximum Gasteiger partial charge on any atom is 0.0628 e. The summed E-state index contributed by atoms with van der Waals surface area (Å²) in [7, 11) is 2.00. The van der Waals surface area contributed by atoms with Crippen LogP contribution in [0.3, 0.4) is 0 Å². The van der Waals surface area contributed by atoms with E-state index >= 15 is 0 Å². The van der Waals surface area contributed by atoms with E-state index < -0.39 is 0 Å². The highest BCUT2D eigenvalue weighted by atomic mass is 16.3. The second-order valence-corrected chi connectivity index (χ2v) is 6.31. The lowest BCUT2D eigenvalue weighted by Gasteiger charge is -2.39. The molecule has 0 heterocycles. The molecular weight excluding hydrogens is 212 g/mol. The van der Waals surface area contributed by atoms with Crippen molar-refractivity contribution >= 4 is 0 Å². The first-order chi connectivity index (χ1) is 8.11. The Bertz CT molecular complexity index is 243. The van der Waals surface area contributed by atoms with E-state index in [1.54, 1.807) is 0 Å². The molecule has 2 saturated carbocycles. The maximum atomic E-state index is 9.78. The molecule has 3 nitrogen and oxygen atoms in total. The molecule has 100 valence electrons. The lowest BCUT2D eigenvalue weighted by Crippen LogP contribution is -2.58. The lowest BCUT2D eigenvalue weighted by molar-refractivity contribution is 0.0796. The normalized spacial score (nSPS) is 24.4. The van der Waals surface area contributed by atoms with Gasteiger partial charge in [0.15, 0.2) is 0 Å². The molecule has 0 aliphatic heterocycles. The Morgan fingerprint density at radius 1 is 1.29 bits per heavy atom. The smallest absolute Gasteiger partial charge is 0.0628 e. The summed E-state index contributed by atoms with van der Waals surface area (Å²) < 4.78 is 0. The predicted molar refractivity (Wildman–Crippen MR) is 71.0 cm³/mol. The van der Waals surface area contributed by atoms with Crippen molar-refractivity contribution in [3.8, 4) is 0 Å². The number of hydrogen-bond acceptors (Lipinski definition) is 3. The van der Waals surface area contributed by atoms with Gasteiger partial charge in [-0.1, -0.05) is 0 Å². The van der Waals surface area contributed by atoms with Gasteiger partial charge in [0, 0.05) is 19.1 Å². The molecule has 0 amide bonds. The second-order valence-electron chi connectivity index (χ2n) is 6.31. The van der Waals surface area contributed by atoms with Gasteiger partial charge in [0.2, 0.25) is 0 Å². The van der Waals surface area contributed by atoms with E-state index in [9.17, 15) is 5.11 Å². The first-order valence-electron chi connectivity index (χ1n) is 7.15. The molecule has 2 rings (SSSR count). The van der Waals surface area contributed by atoms with Gasteiger partial charge >= 0.3 is 0 Å². The van der Waals surface area contributed by atoms with Crippen molar-refractivity contribution in [2.45, 2.75) is 51.1 Å². The van der Waals surface area contributed by atoms with Crippen LogP contribution in [0.5, 0.6) is 0 Å². The molecule has 2 fully saturated rings. The Kier molecular flexibility index (Phi) is 4.11. The number of hydrogen-bond donors (Lipinski definition) is 2. The predicted octanol–water partition coefficient (Wildman–Crippen LogP) is 1.47. The van der Waals surface area contributed by atoms with E-state index in [4.69, 9.17) is 0 Å². The van der Waals surface area contributed by atoms with Gasteiger partial charge in [0.25, 0.3) is 0 Å². The van der Waals surface area contributed by atoms with E-state index in [0.717, 1.165) is 12.5 Å². The summed E-state index contributed by atoms with van der Waals surface area (Å²) >= 11 is 0. The number of aliphatic hydroxyl groups is 1. The first-order valence-corrected chi connectivity index (χ1v) is 7.15. The summed E-state index contributed by atoms with van der Waals surface area (Å²) in [6, 6.07) is 0.577. The van der Waals surface area contributed by atoms with Gasteiger partial charge in [0.1, 0.15) is 0 Å². The Labute approximate surface area is 106 Å². The van der Waals surface area contributed by atoms with Crippen molar-refractivity contribution in [1.29, 1.82) is 0 Å². The average molecular weight is 240 g/mol. The highest BCUT2D eigenvalue weighted by molar-refractivity contribution is 5.02. The molecular formula is C14H28N2O.